The summed E-state index contributed by atoms with van der Waals surface area (Å²) in [4.78, 5) is 19.1. The minimum absolute atomic E-state index is 0.0476. The predicted molar refractivity (Wildman–Crippen MR) is 99.1 cm³/mol. The smallest absolute Gasteiger partial charge is 0.255 e. The van der Waals surface area contributed by atoms with Crippen molar-refractivity contribution in [2.75, 3.05) is 31.6 Å². The van der Waals surface area contributed by atoms with Gasteiger partial charge in [0.05, 0.1) is 18.8 Å². The number of ether oxygens (including phenoxy) is 2. The number of amides is 1. The molecule has 1 aliphatic carbocycles. The average Bonchev–Trinajstić information content (AvgIpc) is 2.97. The van der Waals surface area contributed by atoms with Crippen LogP contribution < -0.4 is 5.32 Å². The Morgan fingerprint density at radius 3 is 2.38 bits per heavy atom. The number of piperidine rings is 1. The van der Waals surface area contributed by atoms with Crippen molar-refractivity contribution < 1.29 is 14.3 Å². The Morgan fingerprint density at radius 1 is 1.08 bits per heavy atom. The fraction of sp³-hybridized carbons (Fsp3) is 0.700. The molecule has 3 fully saturated rings. The van der Waals surface area contributed by atoms with Crippen molar-refractivity contribution >= 4 is 11.7 Å². The molecule has 1 aromatic rings. The molecule has 1 amide bonds. The van der Waals surface area contributed by atoms with Crippen molar-refractivity contribution in [3.8, 4) is 0 Å². The number of pyridine rings is 1. The van der Waals surface area contributed by atoms with Crippen LogP contribution >= 0.6 is 0 Å². The molecular formula is C20H29N3O3. The highest BCUT2D eigenvalue weighted by molar-refractivity contribution is 5.94. The first kappa shape index (κ1) is 17.7. The van der Waals surface area contributed by atoms with E-state index in [2.05, 4.69) is 10.3 Å². The Kier molecular flexibility index (Phi) is 5.41. The van der Waals surface area contributed by atoms with Gasteiger partial charge in [-0.1, -0.05) is 25.7 Å². The van der Waals surface area contributed by atoms with Gasteiger partial charge in [0.25, 0.3) is 5.91 Å². The highest BCUT2D eigenvalue weighted by atomic mass is 16.7. The van der Waals surface area contributed by atoms with Gasteiger partial charge in [-0.2, -0.15) is 0 Å². The zero-order valence-corrected chi connectivity index (χ0v) is 15.4. The second-order valence-corrected chi connectivity index (χ2v) is 7.66. The number of carbonyl (C=O) groups is 1. The summed E-state index contributed by atoms with van der Waals surface area (Å²) in [6, 6.07) is 4.34. The van der Waals surface area contributed by atoms with E-state index in [-0.39, 0.29) is 5.91 Å². The highest BCUT2D eigenvalue weighted by Gasteiger charge is 2.40. The molecule has 1 N–H and O–H groups in total. The van der Waals surface area contributed by atoms with Crippen LogP contribution in [0.3, 0.4) is 0 Å². The van der Waals surface area contributed by atoms with Gasteiger partial charge in [-0.05, 0) is 25.0 Å². The lowest BCUT2D eigenvalue weighted by Gasteiger charge is -2.37. The average molecular weight is 359 g/mol. The number of anilines is 1. The van der Waals surface area contributed by atoms with E-state index in [0.29, 0.717) is 37.9 Å². The van der Waals surface area contributed by atoms with E-state index in [1.165, 1.54) is 38.5 Å². The van der Waals surface area contributed by atoms with E-state index >= 15 is 0 Å². The summed E-state index contributed by atoms with van der Waals surface area (Å²) >= 11 is 0. The maximum absolute atomic E-state index is 12.7. The SMILES string of the molecule is O=C(c1ccc(NC2CCCCCC2)nc1)N1CCC2(CC1)OCCO2. The van der Waals surface area contributed by atoms with Gasteiger partial charge in [-0.25, -0.2) is 4.98 Å². The molecule has 1 spiro atoms. The molecule has 0 radical (unpaired) electrons. The van der Waals surface area contributed by atoms with Crippen LogP contribution in [0.1, 0.15) is 61.7 Å². The standard InChI is InChI=1S/C20H29N3O3/c24-19(23-11-9-20(10-12-23)25-13-14-26-20)16-7-8-18(21-15-16)22-17-5-3-1-2-4-6-17/h7-8,15,17H,1-6,9-14H2,(H,21,22). The van der Waals surface area contributed by atoms with E-state index in [4.69, 9.17) is 9.47 Å². The third kappa shape index (κ3) is 4.01. The van der Waals surface area contributed by atoms with Crippen LogP contribution in [0.25, 0.3) is 0 Å². The molecule has 6 nitrogen and oxygen atoms in total. The highest BCUT2D eigenvalue weighted by Crippen LogP contribution is 2.31. The van der Waals surface area contributed by atoms with Gasteiger partial charge >= 0.3 is 0 Å². The fourth-order valence-electron chi connectivity index (χ4n) is 4.26. The van der Waals surface area contributed by atoms with Gasteiger partial charge in [-0.3, -0.25) is 4.79 Å². The first-order valence-electron chi connectivity index (χ1n) is 10.0. The number of aromatic nitrogens is 1. The first-order valence-corrected chi connectivity index (χ1v) is 10.0. The number of carbonyl (C=O) groups excluding carboxylic acids is 1. The summed E-state index contributed by atoms with van der Waals surface area (Å²) in [7, 11) is 0. The molecule has 1 aromatic heterocycles. The molecular weight excluding hydrogens is 330 g/mol. The zero-order chi connectivity index (χ0) is 17.8. The molecule has 0 bridgehead atoms. The van der Waals surface area contributed by atoms with Crippen LogP contribution in [0, 0.1) is 0 Å². The van der Waals surface area contributed by atoms with Gasteiger partial charge < -0.3 is 19.7 Å². The Balaban J connectivity index is 1.32. The molecule has 1 saturated carbocycles. The van der Waals surface area contributed by atoms with Gasteiger partial charge in [-0.15, -0.1) is 0 Å². The van der Waals surface area contributed by atoms with Crippen molar-refractivity contribution in [3.63, 3.8) is 0 Å². The summed E-state index contributed by atoms with van der Waals surface area (Å²) in [5.41, 5.74) is 0.653. The Labute approximate surface area is 155 Å². The summed E-state index contributed by atoms with van der Waals surface area (Å²) in [6.45, 7) is 2.66. The van der Waals surface area contributed by atoms with Gasteiger partial charge in [0, 0.05) is 38.2 Å². The first-order chi connectivity index (χ1) is 12.7. The van der Waals surface area contributed by atoms with E-state index in [1.54, 1.807) is 6.20 Å². The van der Waals surface area contributed by atoms with Crippen molar-refractivity contribution in [1.29, 1.82) is 0 Å². The molecule has 26 heavy (non-hydrogen) atoms. The predicted octanol–water partition coefficient (Wildman–Crippen LogP) is 3.20. The van der Waals surface area contributed by atoms with Gasteiger partial charge in [0.15, 0.2) is 5.79 Å². The lowest BCUT2D eigenvalue weighted by molar-refractivity contribution is -0.181. The Morgan fingerprint density at radius 2 is 1.77 bits per heavy atom. The third-order valence-electron chi connectivity index (χ3n) is 5.84. The second-order valence-electron chi connectivity index (χ2n) is 7.66. The molecule has 142 valence electrons. The van der Waals surface area contributed by atoms with Gasteiger partial charge in [0.2, 0.25) is 0 Å². The molecule has 3 heterocycles. The monoisotopic (exact) mass is 359 g/mol. The van der Waals surface area contributed by atoms with Crippen LogP contribution in [-0.4, -0.2) is 53.9 Å². The minimum atomic E-state index is -0.443. The molecule has 0 unspecified atom stereocenters. The zero-order valence-electron chi connectivity index (χ0n) is 15.4. The lowest BCUT2D eigenvalue weighted by atomic mass is 10.0. The number of nitrogens with one attached hydrogen (secondary N) is 1. The normalized spacial score (nSPS) is 23.8. The molecule has 2 saturated heterocycles. The largest absolute Gasteiger partial charge is 0.367 e. The van der Waals surface area contributed by atoms with Crippen molar-refractivity contribution in [2.45, 2.75) is 63.2 Å². The quantitative estimate of drug-likeness (QED) is 0.840. The number of nitrogens with zero attached hydrogens (tertiary/aromatic N) is 2. The summed E-state index contributed by atoms with van der Waals surface area (Å²) in [5.74, 6) is 0.479. The van der Waals surface area contributed by atoms with Crippen molar-refractivity contribution in [1.82, 2.24) is 9.88 Å². The number of rotatable bonds is 3. The number of hydrogen-bond acceptors (Lipinski definition) is 5. The number of likely N-dealkylation sites (tertiary alicyclic amines) is 1. The number of hydrogen-bond donors (Lipinski definition) is 1. The molecule has 2 aliphatic heterocycles. The van der Waals surface area contributed by atoms with Crippen LogP contribution in [0.4, 0.5) is 5.82 Å². The van der Waals surface area contributed by atoms with Crippen LogP contribution in [0.5, 0.6) is 0 Å². The lowest BCUT2D eigenvalue weighted by Crippen LogP contribution is -2.47. The second kappa shape index (κ2) is 7.92. The van der Waals surface area contributed by atoms with Crippen molar-refractivity contribution in [3.05, 3.63) is 23.9 Å². The van der Waals surface area contributed by atoms with Crippen LogP contribution in [0.15, 0.2) is 18.3 Å². The summed E-state index contributed by atoms with van der Waals surface area (Å²) in [6.07, 6.45) is 10.9. The fourth-order valence-corrected chi connectivity index (χ4v) is 4.26. The topological polar surface area (TPSA) is 63.7 Å². The maximum Gasteiger partial charge on any atom is 0.255 e. The van der Waals surface area contributed by atoms with Crippen molar-refractivity contribution in [2.24, 2.45) is 0 Å². The molecule has 6 heteroatoms. The van der Waals surface area contributed by atoms with E-state index in [9.17, 15) is 4.79 Å². The molecule has 4 rings (SSSR count). The molecule has 3 aliphatic rings. The Hall–Kier alpha value is -1.66. The molecule has 0 atom stereocenters. The van der Waals surface area contributed by atoms with Gasteiger partial charge in [0.1, 0.15) is 5.82 Å². The minimum Gasteiger partial charge on any atom is -0.367 e. The molecule has 0 aromatic carbocycles. The van der Waals surface area contributed by atoms with E-state index in [0.717, 1.165) is 18.7 Å². The van der Waals surface area contributed by atoms with E-state index < -0.39 is 5.79 Å². The third-order valence-corrected chi connectivity index (χ3v) is 5.84. The summed E-state index contributed by atoms with van der Waals surface area (Å²) < 4.78 is 11.5. The Bertz CT molecular complexity index is 595. The summed E-state index contributed by atoms with van der Waals surface area (Å²) in [5, 5.41) is 3.53. The maximum atomic E-state index is 12.7. The van der Waals surface area contributed by atoms with Crippen LogP contribution in [-0.2, 0) is 9.47 Å². The van der Waals surface area contributed by atoms with Crippen LogP contribution in [0.2, 0.25) is 0 Å². The van der Waals surface area contributed by atoms with E-state index in [1.807, 2.05) is 17.0 Å².